The zero-order valence-corrected chi connectivity index (χ0v) is 20.9. The molecule has 0 fully saturated rings. The Morgan fingerprint density at radius 1 is 0.514 bits per heavy atom. The van der Waals surface area contributed by atoms with Crippen LogP contribution in [0.3, 0.4) is 0 Å². The van der Waals surface area contributed by atoms with Gasteiger partial charge in [0.05, 0.1) is 0 Å². The Labute approximate surface area is 208 Å². The van der Waals surface area contributed by atoms with Gasteiger partial charge in [0.15, 0.2) is 0 Å². The van der Waals surface area contributed by atoms with Crippen LogP contribution in [-0.2, 0) is 24.0 Å². The number of nitrogens with one attached hydrogen (secondary N) is 2. The molecule has 0 aromatic rings. The van der Waals surface area contributed by atoms with Crippen molar-refractivity contribution in [3.05, 3.63) is 0 Å². The molecule has 0 spiro atoms. The summed E-state index contributed by atoms with van der Waals surface area (Å²) in [7, 11) is 0. The molecule has 10 nitrogen and oxygen atoms in total. The molecule has 0 radical (unpaired) electrons. The van der Waals surface area contributed by atoms with E-state index < -0.39 is 36.4 Å². The first-order valence-electron chi connectivity index (χ1n) is 12.9. The molecule has 0 aromatic heterocycles. The molecule has 0 rings (SSSR count). The fourth-order valence-electron chi connectivity index (χ4n) is 3.75. The molecule has 5 N–H and O–H groups in total. The van der Waals surface area contributed by atoms with Gasteiger partial charge in [0.25, 0.3) is 0 Å². The van der Waals surface area contributed by atoms with Gasteiger partial charge in [-0.2, -0.15) is 0 Å². The maximum Gasteiger partial charge on any atom is 0.326 e. The van der Waals surface area contributed by atoms with Crippen molar-refractivity contribution in [1.82, 2.24) is 10.6 Å². The third kappa shape index (κ3) is 22.9. The van der Waals surface area contributed by atoms with Gasteiger partial charge in [0, 0.05) is 19.3 Å². The summed E-state index contributed by atoms with van der Waals surface area (Å²) in [5.41, 5.74) is 0. The molecule has 0 unspecified atom stereocenters. The maximum atomic E-state index is 12.0. The molecule has 0 aliphatic rings. The zero-order chi connectivity index (χ0) is 26.3. The summed E-state index contributed by atoms with van der Waals surface area (Å²) < 4.78 is 0. The molecule has 1 atom stereocenters. The van der Waals surface area contributed by atoms with E-state index in [0.29, 0.717) is 6.42 Å². The average molecular weight is 501 g/mol. The highest BCUT2D eigenvalue weighted by atomic mass is 16.4. The fraction of sp³-hybridized carbons (Fsp3) is 0.800. The van der Waals surface area contributed by atoms with Crippen LogP contribution in [0.25, 0.3) is 0 Å². The number of carboxylic acids is 3. The minimum atomic E-state index is -1.22. The summed E-state index contributed by atoms with van der Waals surface area (Å²) >= 11 is 0. The van der Waals surface area contributed by atoms with Crippen LogP contribution in [0.2, 0.25) is 0 Å². The number of hydrogen-bond donors (Lipinski definition) is 5. The summed E-state index contributed by atoms with van der Waals surface area (Å²) in [4.78, 5) is 55.6. The predicted octanol–water partition coefficient (Wildman–Crippen LogP) is 3.86. The number of carbonyl (C=O) groups excluding carboxylic acids is 2. The molecule has 10 heteroatoms. The van der Waals surface area contributed by atoms with Gasteiger partial charge in [-0.25, -0.2) is 4.79 Å². The number of rotatable bonds is 24. The summed E-state index contributed by atoms with van der Waals surface area (Å²) in [5.74, 6) is -4.05. The Hall–Kier alpha value is -2.65. The summed E-state index contributed by atoms with van der Waals surface area (Å²) in [5, 5.41) is 30.9. The number of aliphatic carboxylic acids is 3. The molecule has 2 amide bonds. The van der Waals surface area contributed by atoms with E-state index in [4.69, 9.17) is 10.2 Å². The van der Waals surface area contributed by atoms with Crippen molar-refractivity contribution in [2.75, 3.05) is 6.54 Å². The second kappa shape index (κ2) is 21.9. The molecular formula is C25H44N2O8. The van der Waals surface area contributed by atoms with Crippen LogP contribution in [0, 0.1) is 0 Å². The van der Waals surface area contributed by atoms with E-state index in [1.54, 1.807) is 0 Å². The normalized spacial score (nSPS) is 11.5. The average Bonchev–Trinajstić information content (AvgIpc) is 2.79. The van der Waals surface area contributed by atoms with E-state index in [2.05, 4.69) is 10.6 Å². The molecule has 0 saturated heterocycles. The number of hydrogen-bond acceptors (Lipinski definition) is 5. The highest BCUT2D eigenvalue weighted by molar-refractivity contribution is 5.85. The Morgan fingerprint density at radius 2 is 0.943 bits per heavy atom. The van der Waals surface area contributed by atoms with E-state index in [1.165, 1.54) is 44.9 Å². The van der Waals surface area contributed by atoms with Crippen LogP contribution in [0.15, 0.2) is 0 Å². The first-order valence-corrected chi connectivity index (χ1v) is 12.9. The quantitative estimate of drug-likeness (QED) is 0.124. The standard InChI is InChI=1S/C25H44N2O8/c28-21(26-19-24(32)33)18-17-20(25(34)35)27-22(29)15-13-11-9-7-5-3-1-2-4-6-8-10-12-14-16-23(30)31/h20H,1-19H2,(H,26,28)(H,27,29)(H,30,31)(H,32,33)(H,34,35)/t20-/m0/s1. The first kappa shape index (κ1) is 32.4. The van der Waals surface area contributed by atoms with Gasteiger partial charge >= 0.3 is 17.9 Å². The van der Waals surface area contributed by atoms with Crippen molar-refractivity contribution in [3.63, 3.8) is 0 Å². The molecule has 0 bridgehead atoms. The van der Waals surface area contributed by atoms with Gasteiger partial charge in [0.2, 0.25) is 11.8 Å². The van der Waals surface area contributed by atoms with Crippen molar-refractivity contribution in [2.45, 2.75) is 122 Å². The summed E-state index contributed by atoms with van der Waals surface area (Å²) in [6, 6.07) is -1.17. The van der Waals surface area contributed by atoms with E-state index in [0.717, 1.165) is 38.5 Å². The lowest BCUT2D eigenvalue weighted by atomic mass is 10.0. The van der Waals surface area contributed by atoms with E-state index >= 15 is 0 Å². The van der Waals surface area contributed by atoms with Crippen LogP contribution in [0.4, 0.5) is 0 Å². The summed E-state index contributed by atoms with van der Waals surface area (Å²) in [6.07, 6.45) is 15.4. The maximum absolute atomic E-state index is 12.0. The molecular weight excluding hydrogens is 456 g/mol. The Bertz CT molecular complexity index is 639. The first-order chi connectivity index (χ1) is 16.7. The molecule has 35 heavy (non-hydrogen) atoms. The topological polar surface area (TPSA) is 170 Å². The van der Waals surface area contributed by atoms with Gasteiger partial charge in [0.1, 0.15) is 12.6 Å². The number of carbonyl (C=O) groups is 5. The van der Waals surface area contributed by atoms with Gasteiger partial charge in [-0.3, -0.25) is 19.2 Å². The van der Waals surface area contributed by atoms with Crippen LogP contribution in [0.1, 0.15) is 116 Å². The minimum absolute atomic E-state index is 0.0979. The third-order valence-electron chi connectivity index (χ3n) is 5.77. The van der Waals surface area contributed by atoms with E-state index in [1.807, 2.05) is 0 Å². The van der Waals surface area contributed by atoms with Crippen LogP contribution < -0.4 is 10.6 Å². The van der Waals surface area contributed by atoms with Gasteiger partial charge < -0.3 is 26.0 Å². The van der Waals surface area contributed by atoms with Crippen molar-refractivity contribution in [3.8, 4) is 0 Å². The van der Waals surface area contributed by atoms with Gasteiger partial charge in [-0.15, -0.1) is 0 Å². The molecule has 0 aliphatic carbocycles. The SMILES string of the molecule is O=C(O)CCCCCCCCCCCCCCCCC(=O)N[C@@H](CCC(=O)NCC(=O)O)C(=O)O. The smallest absolute Gasteiger partial charge is 0.326 e. The molecule has 202 valence electrons. The fourth-order valence-corrected chi connectivity index (χ4v) is 3.75. The second-order valence-corrected chi connectivity index (χ2v) is 9.01. The molecule has 0 heterocycles. The Morgan fingerprint density at radius 3 is 1.34 bits per heavy atom. The van der Waals surface area contributed by atoms with Crippen LogP contribution >= 0.6 is 0 Å². The highest BCUT2D eigenvalue weighted by Crippen LogP contribution is 2.14. The predicted molar refractivity (Wildman–Crippen MR) is 131 cm³/mol. The van der Waals surface area contributed by atoms with Crippen molar-refractivity contribution >= 4 is 29.7 Å². The number of unbranched alkanes of at least 4 members (excludes halogenated alkanes) is 13. The monoisotopic (exact) mass is 500 g/mol. The van der Waals surface area contributed by atoms with Crippen LogP contribution in [-0.4, -0.2) is 57.6 Å². The highest BCUT2D eigenvalue weighted by Gasteiger charge is 2.20. The largest absolute Gasteiger partial charge is 0.481 e. The van der Waals surface area contributed by atoms with Gasteiger partial charge in [-0.05, 0) is 19.3 Å². The van der Waals surface area contributed by atoms with Crippen LogP contribution in [0.5, 0.6) is 0 Å². The lowest BCUT2D eigenvalue weighted by molar-refractivity contribution is -0.142. The number of carboxylic acid groups (broad SMARTS) is 3. The third-order valence-corrected chi connectivity index (χ3v) is 5.77. The summed E-state index contributed by atoms with van der Waals surface area (Å²) in [6.45, 7) is -0.526. The van der Waals surface area contributed by atoms with Crippen molar-refractivity contribution in [2.24, 2.45) is 0 Å². The second-order valence-electron chi connectivity index (χ2n) is 9.01. The zero-order valence-electron chi connectivity index (χ0n) is 20.9. The van der Waals surface area contributed by atoms with E-state index in [9.17, 15) is 29.1 Å². The molecule has 0 aliphatic heterocycles. The molecule has 0 saturated carbocycles. The lowest BCUT2D eigenvalue weighted by Gasteiger charge is -2.14. The Kier molecular flexibility index (Phi) is 20.2. The molecule has 0 aromatic carbocycles. The number of amides is 2. The van der Waals surface area contributed by atoms with E-state index in [-0.39, 0.29) is 31.6 Å². The van der Waals surface area contributed by atoms with Crippen molar-refractivity contribution < 1.29 is 39.3 Å². The Balaban J connectivity index is 3.60. The van der Waals surface area contributed by atoms with Crippen molar-refractivity contribution in [1.29, 1.82) is 0 Å². The minimum Gasteiger partial charge on any atom is -0.481 e. The van der Waals surface area contributed by atoms with Gasteiger partial charge in [-0.1, -0.05) is 77.0 Å². The lowest BCUT2D eigenvalue weighted by Crippen LogP contribution is -2.41.